The Kier molecular flexibility index (Phi) is 10.3. The predicted molar refractivity (Wildman–Crippen MR) is 119 cm³/mol. The Morgan fingerprint density at radius 3 is 2.41 bits per heavy atom. The van der Waals surface area contributed by atoms with Crippen molar-refractivity contribution in [1.82, 2.24) is 5.32 Å². The highest BCUT2D eigenvalue weighted by molar-refractivity contribution is 5.84. The Bertz CT molecular complexity index is 841. The first-order valence-electron chi connectivity index (χ1n) is 10.1. The van der Waals surface area contributed by atoms with Gasteiger partial charge in [-0.05, 0) is 57.9 Å². The molecule has 0 bridgehead atoms. The lowest BCUT2D eigenvalue weighted by atomic mass is 10.1. The Morgan fingerprint density at radius 2 is 1.84 bits per heavy atom. The highest BCUT2D eigenvalue weighted by Gasteiger charge is 2.47. The number of carbonyl (C=O) groups excluding carboxylic acids is 2. The highest BCUT2D eigenvalue weighted by Crippen LogP contribution is 2.18. The third-order valence-electron chi connectivity index (χ3n) is 4.06. The van der Waals surface area contributed by atoms with Gasteiger partial charge in [-0.1, -0.05) is 43.0 Å². The van der Waals surface area contributed by atoms with E-state index in [-0.39, 0.29) is 13.2 Å². The molecule has 0 radical (unpaired) electrons. The lowest BCUT2D eigenvalue weighted by molar-refractivity contribution is -0.188. The van der Waals surface area contributed by atoms with E-state index >= 15 is 0 Å². The minimum Gasteiger partial charge on any atom is -0.457 e. The Morgan fingerprint density at radius 1 is 1.22 bits per heavy atom. The van der Waals surface area contributed by atoms with Gasteiger partial charge in [0, 0.05) is 0 Å². The van der Waals surface area contributed by atoms with Gasteiger partial charge in [-0.25, -0.2) is 14.0 Å². The van der Waals surface area contributed by atoms with Crippen molar-refractivity contribution < 1.29 is 33.3 Å². The van der Waals surface area contributed by atoms with Crippen LogP contribution in [0.15, 0.2) is 60.7 Å². The molecule has 0 unspecified atom stereocenters. The summed E-state index contributed by atoms with van der Waals surface area (Å²) in [6, 6.07) is 5.31. The molecule has 1 aromatic rings. The fraction of sp³-hybridized carbons (Fsp3) is 0.417. The van der Waals surface area contributed by atoms with Gasteiger partial charge in [0.1, 0.15) is 24.1 Å². The first kappa shape index (κ1) is 27.1. The summed E-state index contributed by atoms with van der Waals surface area (Å²) < 4.78 is 29.0. The van der Waals surface area contributed by atoms with Crippen LogP contribution in [0.3, 0.4) is 0 Å². The molecule has 7 nitrogen and oxygen atoms in total. The van der Waals surface area contributed by atoms with Crippen molar-refractivity contribution in [2.75, 3.05) is 6.61 Å². The number of carbonyl (C=O) groups is 2. The smallest absolute Gasteiger partial charge is 0.410 e. The van der Waals surface area contributed by atoms with Crippen molar-refractivity contribution in [2.45, 2.75) is 58.7 Å². The Hall–Kier alpha value is -2.97. The van der Waals surface area contributed by atoms with E-state index in [4.69, 9.17) is 14.2 Å². The van der Waals surface area contributed by atoms with Gasteiger partial charge in [0.2, 0.25) is 0 Å². The molecule has 0 heterocycles. The van der Waals surface area contributed by atoms with Crippen LogP contribution in [0.2, 0.25) is 0 Å². The molecular formula is C24H32FNO6. The molecule has 8 heteroatoms. The van der Waals surface area contributed by atoms with Gasteiger partial charge in [-0.2, -0.15) is 0 Å². The standard InChI is InChI=1S/C24H32FNO6/c1-7-8-9-10-17(2)15-30-18(3)24(29,26-22(28)32-23(4,5)6)21(27)31-16-19-11-13-20(25)14-12-19/h7-14,18,29H,1,15-16H2,2-6H3,(H,26,28)/b9-8-,17-10+/t18-,24+/m1/s1. The molecule has 1 rings (SSSR count). The average molecular weight is 450 g/mol. The van der Waals surface area contributed by atoms with Gasteiger partial charge in [-0.3, -0.25) is 5.32 Å². The molecular weight excluding hydrogens is 417 g/mol. The average Bonchev–Trinajstić information content (AvgIpc) is 2.69. The fourth-order valence-electron chi connectivity index (χ4n) is 2.34. The number of hydrogen-bond acceptors (Lipinski definition) is 6. The van der Waals surface area contributed by atoms with Crippen LogP contribution in [-0.4, -0.2) is 41.2 Å². The quantitative estimate of drug-likeness (QED) is 0.316. The van der Waals surface area contributed by atoms with Crippen LogP contribution in [0.4, 0.5) is 9.18 Å². The second-order valence-corrected chi connectivity index (χ2v) is 8.18. The largest absolute Gasteiger partial charge is 0.457 e. The van der Waals surface area contributed by atoms with Gasteiger partial charge in [-0.15, -0.1) is 0 Å². The minimum atomic E-state index is -2.53. The molecule has 0 aliphatic heterocycles. The molecule has 0 aromatic heterocycles. The molecule has 0 fully saturated rings. The molecule has 32 heavy (non-hydrogen) atoms. The number of rotatable bonds is 10. The summed E-state index contributed by atoms with van der Waals surface area (Å²) in [6.45, 7) is 11.6. The fourth-order valence-corrected chi connectivity index (χ4v) is 2.34. The summed E-state index contributed by atoms with van der Waals surface area (Å²) in [6.07, 6.45) is 4.69. The number of hydrogen-bond donors (Lipinski definition) is 2. The zero-order valence-electron chi connectivity index (χ0n) is 19.2. The molecule has 1 amide bonds. The van der Waals surface area contributed by atoms with Crippen LogP contribution in [0.5, 0.6) is 0 Å². The topological polar surface area (TPSA) is 94.1 Å². The monoisotopic (exact) mass is 449 g/mol. The van der Waals surface area contributed by atoms with Crippen molar-refractivity contribution in [2.24, 2.45) is 0 Å². The van der Waals surface area contributed by atoms with Gasteiger partial charge in [0.25, 0.3) is 5.72 Å². The first-order chi connectivity index (χ1) is 14.9. The summed E-state index contributed by atoms with van der Waals surface area (Å²) in [5.74, 6) is -1.58. The molecule has 1 aromatic carbocycles. The van der Waals surface area contributed by atoms with E-state index in [0.717, 1.165) is 5.57 Å². The molecule has 0 spiro atoms. The lowest BCUT2D eigenvalue weighted by Gasteiger charge is -2.33. The van der Waals surface area contributed by atoms with Crippen molar-refractivity contribution >= 4 is 12.1 Å². The molecule has 2 atom stereocenters. The maximum absolute atomic E-state index is 13.1. The Labute approximate surface area is 188 Å². The first-order valence-corrected chi connectivity index (χ1v) is 10.1. The van der Waals surface area contributed by atoms with Gasteiger partial charge in [0.05, 0.1) is 6.61 Å². The lowest BCUT2D eigenvalue weighted by Crippen LogP contribution is -2.63. The number of nitrogens with one attached hydrogen (secondary N) is 1. The van der Waals surface area contributed by atoms with Crippen LogP contribution in [-0.2, 0) is 25.6 Å². The summed E-state index contributed by atoms with van der Waals surface area (Å²) in [7, 11) is 0. The van der Waals surface area contributed by atoms with Crippen LogP contribution >= 0.6 is 0 Å². The predicted octanol–water partition coefficient (Wildman–Crippen LogP) is 4.18. The molecule has 2 N–H and O–H groups in total. The summed E-state index contributed by atoms with van der Waals surface area (Å²) in [4.78, 5) is 25.0. The van der Waals surface area contributed by atoms with Crippen molar-refractivity contribution in [3.63, 3.8) is 0 Å². The van der Waals surface area contributed by atoms with E-state index < -0.39 is 35.3 Å². The van der Waals surface area contributed by atoms with Crippen molar-refractivity contribution in [3.05, 3.63) is 72.1 Å². The highest BCUT2D eigenvalue weighted by atomic mass is 19.1. The number of amides is 1. The Balaban J connectivity index is 2.96. The number of esters is 1. The van der Waals surface area contributed by atoms with E-state index in [9.17, 15) is 19.1 Å². The number of ether oxygens (including phenoxy) is 3. The van der Waals surface area contributed by atoms with E-state index in [2.05, 4.69) is 11.9 Å². The van der Waals surface area contributed by atoms with E-state index in [1.54, 1.807) is 52.0 Å². The van der Waals surface area contributed by atoms with Crippen LogP contribution in [0.1, 0.15) is 40.2 Å². The second kappa shape index (κ2) is 12.2. The van der Waals surface area contributed by atoms with E-state index in [1.165, 1.54) is 31.2 Å². The number of benzene rings is 1. The van der Waals surface area contributed by atoms with Crippen LogP contribution < -0.4 is 5.32 Å². The second-order valence-electron chi connectivity index (χ2n) is 8.18. The van der Waals surface area contributed by atoms with Crippen LogP contribution in [0, 0.1) is 5.82 Å². The summed E-state index contributed by atoms with van der Waals surface area (Å²) in [5, 5.41) is 13.2. The third kappa shape index (κ3) is 9.45. The van der Waals surface area contributed by atoms with Gasteiger partial charge in [0.15, 0.2) is 0 Å². The molecule has 0 aliphatic rings. The number of alkyl carbamates (subject to hydrolysis) is 1. The van der Waals surface area contributed by atoms with Crippen molar-refractivity contribution in [3.8, 4) is 0 Å². The summed E-state index contributed by atoms with van der Waals surface area (Å²) in [5.41, 5.74) is -2.08. The van der Waals surface area contributed by atoms with E-state index in [0.29, 0.717) is 5.56 Å². The minimum absolute atomic E-state index is 0.0756. The van der Waals surface area contributed by atoms with Gasteiger partial charge < -0.3 is 19.3 Å². The van der Waals surface area contributed by atoms with Crippen LogP contribution in [0.25, 0.3) is 0 Å². The van der Waals surface area contributed by atoms with Crippen molar-refractivity contribution in [1.29, 1.82) is 0 Å². The molecule has 176 valence electrons. The number of halogens is 1. The summed E-state index contributed by atoms with van der Waals surface area (Å²) >= 11 is 0. The third-order valence-corrected chi connectivity index (χ3v) is 4.06. The zero-order valence-corrected chi connectivity index (χ0v) is 19.2. The molecule has 0 saturated heterocycles. The maximum atomic E-state index is 13.1. The zero-order chi connectivity index (χ0) is 24.4. The molecule has 0 saturated carbocycles. The van der Waals surface area contributed by atoms with Gasteiger partial charge >= 0.3 is 12.1 Å². The number of allylic oxidation sites excluding steroid dienone is 4. The SMILES string of the molecule is C=C/C=C\C=C(/C)CO[C@H](C)[C@@](O)(NC(=O)OC(C)(C)C)C(=O)OCc1ccc(F)cc1. The number of aliphatic hydroxyl groups is 1. The maximum Gasteiger partial charge on any atom is 0.410 e. The molecule has 0 aliphatic carbocycles. The van der Waals surface area contributed by atoms with E-state index in [1.807, 2.05) is 0 Å². The normalized spacial score (nSPS) is 15.0.